The van der Waals surface area contributed by atoms with E-state index in [9.17, 15) is 18.0 Å². The van der Waals surface area contributed by atoms with Crippen LogP contribution in [0.2, 0.25) is 0 Å². The summed E-state index contributed by atoms with van der Waals surface area (Å²) in [6.07, 6.45) is -2.96. The highest BCUT2D eigenvalue weighted by Crippen LogP contribution is 2.23. The molecule has 0 atom stereocenters. The second-order valence-electron chi connectivity index (χ2n) is 7.08. The SMILES string of the molecule is NC(=O)c1ccc2c(c1)ncn2N1CCN(Cc2ccc(OC(F)(F)F)cc2)CC1. The molecule has 1 aliphatic heterocycles. The number of carbonyl (C=O) groups excluding carboxylic acids is 1. The average molecular weight is 419 g/mol. The number of benzene rings is 2. The molecule has 0 spiro atoms. The van der Waals surface area contributed by atoms with Crippen LogP contribution in [0.15, 0.2) is 48.8 Å². The van der Waals surface area contributed by atoms with E-state index in [0.717, 1.165) is 37.3 Å². The third-order valence-electron chi connectivity index (χ3n) is 5.03. The first-order chi connectivity index (χ1) is 14.3. The highest BCUT2D eigenvalue weighted by molar-refractivity contribution is 5.96. The Morgan fingerprint density at radius 2 is 1.77 bits per heavy atom. The summed E-state index contributed by atoms with van der Waals surface area (Å²) >= 11 is 0. The molecule has 10 heteroatoms. The molecule has 1 aliphatic rings. The van der Waals surface area contributed by atoms with Gasteiger partial charge >= 0.3 is 6.36 Å². The van der Waals surface area contributed by atoms with Gasteiger partial charge in [-0.1, -0.05) is 12.1 Å². The predicted octanol–water partition coefficient (Wildman–Crippen LogP) is 2.49. The molecule has 1 fully saturated rings. The first-order valence-electron chi connectivity index (χ1n) is 9.38. The Bertz CT molecular complexity index is 1040. The van der Waals surface area contributed by atoms with E-state index in [1.807, 2.05) is 10.7 Å². The number of piperazine rings is 1. The predicted molar refractivity (Wildman–Crippen MR) is 105 cm³/mol. The van der Waals surface area contributed by atoms with Crippen molar-refractivity contribution in [2.24, 2.45) is 5.73 Å². The van der Waals surface area contributed by atoms with Gasteiger partial charge in [0.05, 0.1) is 11.0 Å². The van der Waals surface area contributed by atoms with Gasteiger partial charge in [0.25, 0.3) is 0 Å². The molecule has 2 heterocycles. The molecule has 0 unspecified atom stereocenters. The van der Waals surface area contributed by atoms with E-state index in [0.29, 0.717) is 17.6 Å². The van der Waals surface area contributed by atoms with Crippen molar-refractivity contribution in [2.75, 3.05) is 31.2 Å². The lowest BCUT2D eigenvalue weighted by Gasteiger charge is -2.36. The van der Waals surface area contributed by atoms with E-state index in [4.69, 9.17) is 5.73 Å². The fourth-order valence-electron chi connectivity index (χ4n) is 3.54. The van der Waals surface area contributed by atoms with Crippen molar-refractivity contribution in [1.29, 1.82) is 0 Å². The first-order valence-corrected chi connectivity index (χ1v) is 9.38. The van der Waals surface area contributed by atoms with Gasteiger partial charge in [0.15, 0.2) is 0 Å². The molecule has 2 aromatic carbocycles. The molecule has 158 valence electrons. The van der Waals surface area contributed by atoms with Gasteiger partial charge in [0, 0.05) is 38.3 Å². The van der Waals surface area contributed by atoms with Crippen LogP contribution < -0.4 is 15.5 Å². The van der Waals surface area contributed by atoms with Crippen LogP contribution in [0.4, 0.5) is 13.2 Å². The molecule has 7 nitrogen and oxygen atoms in total. The van der Waals surface area contributed by atoms with Crippen molar-refractivity contribution in [3.8, 4) is 5.75 Å². The lowest BCUT2D eigenvalue weighted by Crippen LogP contribution is -2.50. The van der Waals surface area contributed by atoms with Crippen molar-refractivity contribution in [3.05, 3.63) is 59.9 Å². The number of fused-ring (bicyclic) bond motifs is 1. The number of nitrogens with two attached hydrogens (primary N) is 1. The minimum Gasteiger partial charge on any atom is -0.406 e. The number of imidazole rings is 1. The summed E-state index contributed by atoms with van der Waals surface area (Å²) in [5, 5.41) is 2.16. The number of nitrogens with zero attached hydrogens (tertiary/aromatic N) is 4. The van der Waals surface area contributed by atoms with Crippen molar-refractivity contribution in [2.45, 2.75) is 12.9 Å². The number of carbonyl (C=O) groups is 1. The van der Waals surface area contributed by atoms with E-state index in [1.54, 1.807) is 30.6 Å². The maximum absolute atomic E-state index is 12.3. The van der Waals surface area contributed by atoms with Gasteiger partial charge in [-0.3, -0.25) is 9.69 Å². The normalized spacial score (nSPS) is 15.5. The van der Waals surface area contributed by atoms with Crippen LogP contribution in [0.3, 0.4) is 0 Å². The fourth-order valence-corrected chi connectivity index (χ4v) is 3.54. The fraction of sp³-hybridized carbons (Fsp3) is 0.300. The number of hydrogen-bond donors (Lipinski definition) is 1. The number of aromatic nitrogens is 2. The molecular formula is C20H20F3N5O2. The molecule has 1 saturated heterocycles. The number of rotatable bonds is 5. The topological polar surface area (TPSA) is 76.6 Å². The molecule has 3 aromatic rings. The number of alkyl halides is 3. The Hall–Kier alpha value is -3.27. The Labute approximate surface area is 170 Å². The molecule has 30 heavy (non-hydrogen) atoms. The number of ether oxygens (including phenoxy) is 1. The van der Waals surface area contributed by atoms with E-state index in [2.05, 4.69) is 19.6 Å². The molecule has 0 saturated carbocycles. The van der Waals surface area contributed by atoms with Crippen LogP contribution >= 0.6 is 0 Å². The Morgan fingerprint density at radius 3 is 2.40 bits per heavy atom. The summed E-state index contributed by atoms with van der Waals surface area (Å²) in [7, 11) is 0. The Balaban J connectivity index is 1.36. The molecular weight excluding hydrogens is 399 g/mol. The number of primary amides is 1. The van der Waals surface area contributed by atoms with Gasteiger partial charge in [0.2, 0.25) is 5.91 Å². The number of amides is 1. The standard InChI is InChI=1S/C20H20F3N5O2/c21-20(22,23)30-16-4-1-14(2-5-16)12-26-7-9-27(10-8-26)28-13-25-17-11-15(19(24)29)3-6-18(17)28/h1-6,11,13H,7-10,12H2,(H2,24,29). The number of hydrogen-bond acceptors (Lipinski definition) is 5. The van der Waals surface area contributed by atoms with Crippen LogP contribution in [-0.2, 0) is 6.54 Å². The molecule has 0 aliphatic carbocycles. The quantitative estimate of drug-likeness (QED) is 0.688. The zero-order valence-electron chi connectivity index (χ0n) is 16.0. The van der Waals surface area contributed by atoms with Crippen molar-refractivity contribution >= 4 is 16.9 Å². The van der Waals surface area contributed by atoms with Crippen LogP contribution in [0.25, 0.3) is 11.0 Å². The van der Waals surface area contributed by atoms with Gasteiger partial charge in [-0.25, -0.2) is 9.66 Å². The van der Waals surface area contributed by atoms with Crippen molar-refractivity contribution in [3.63, 3.8) is 0 Å². The molecule has 2 N–H and O–H groups in total. The second kappa shape index (κ2) is 7.86. The molecule has 1 aromatic heterocycles. The smallest absolute Gasteiger partial charge is 0.406 e. The minimum atomic E-state index is -4.68. The zero-order chi connectivity index (χ0) is 21.3. The van der Waals surface area contributed by atoms with E-state index < -0.39 is 12.3 Å². The van der Waals surface area contributed by atoms with E-state index in [1.165, 1.54) is 12.1 Å². The van der Waals surface area contributed by atoms with Crippen LogP contribution in [0.5, 0.6) is 5.75 Å². The minimum absolute atomic E-state index is 0.220. The Morgan fingerprint density at radius 1 is 1.07 bits per heavy atom. The third kappa shape index (κ3) is 4.48. The summed E-state index contributed by atoms with van der Waals surface area (Å²) in [5.41, 5.74) is 8.26. The van der Waals surface area contributed by atoms with Gasteiger partial charge < -0.3 is 15.5 Å². The van der Waals surface area contributed by atoms with Gasteiger partial charge in [-0.15, -0.1) is 13.2 Å². The maximum atomic E-state index is 12.3. The van der Waals surface area contributed by atoms with Gasteiger partial charge in [-0.05, 0) is 35.9 Å². The summed E-state index contributed by atoms with van der Waals surface area (Å²) in [6.45, 7) is 3.75. The van der Waals surface area contributed by atoms with Crippen molar-refractivity contribution in [1.82, 2.24) is 14.6 Å². The van der Waals surface area contributed by atoms with Crippen LogP contribution in [0, 0.1) is 0 Å². The highest BCUT2D eigenvalue weighted by atomic mass is 19.4. The largest absolute Gasteiger partial charge is 0.573 e. The average Bonchev–Trinajstić information content (AvgIpc) is 3.12. The van der Waals surface area contributed by atoms with E-state index in [-0.39, 0.29) is 5.75 Å². The third-order valence-corrected chi connectivity index (χ3v) is 5.03. The van der Waals surface area contributed by atoms with Gasteiger partial charge in [0.1, 0.15) is 12.1 Å². The maximum Gasteiger partial charge on any atom is 0.573 e. The lowest BCUT2D eigenvalue weighted by atomic mass is 10.2. The highest BCUT2D eigenvalue weighted by Gasteiger charge is 2.31. The van der Waals surface area contributed by atoms with Crippen LogP contribution in [0.1, 0.15) is 15.9 Å². The van der Waals surface area contributed by atoms with Crippen LogP contribution in [-0.4, -0.2) is 53.0 Å². The molecule has 1 amide bonds. The van der Waals surface area contributed by atoms with Crippen molar-refractivity contribution < 1.29 is 22.7 Å². The zero-order valence-corrected chi connectivity index (χ0v) is 16.0. The summed E-state index contributed by atoms with van der Waals surface area (Å²) in [5.74, 6) is -0.708. The molecule has 0 radical (unpaired) electrons. The van der Waals surface area contributed by atoms with Gasteiger partial charge in [-0.2, -0.15) is 0 Å². The number of halogens is 3. The summed E-state index contributed by atoms with van der Waals surface area (Å²) in [4.78, 5) is 17.9. The molecule has 4 rings (SSSR count). The monoisotopic (exact) mass is 419 g/mol. The molecule has 0 bridgehead atoms. The summed E-state index contributed by atoms with van der Waals surface area (Å²) in [6, 6.07) is 11.1. The summed E-state index contributed by atoms with van der Waals surface area (Å²) < 4.78 is 42.7. The van der Waals surface area contributed by atoms with E-state index >= 15 is 0 Å². The Kier molecular flexibility index (Phi) is 5.25. The lowest BCUT2D eigenvalue weighted by molar-refractivity contribution is -0.274. The second-order valence-corrected chi connectivity index (χ2v) is 7.08. The first kappa shape index (κ1) is 20.0.